The molecule has 0 radical (unpaired) electrons. The molecule has 138 valence electrons. The van der Waals surface area contributed by atoms with Crippen LogP contribution in [0.4, 0.5) is 4.79 Å². The molecule has 0 bridgehead atoms. The third-order valence-corrected chi connectivity index (χ3v) is 4.13. The minimum Gasteiger partial charge on any atom is -0.497 e. The first-order valence-electron chi connectivity index (χ1n) is 8.37. The minimum absolute atomic E-state index is 0.0891. The fraction of sp³-hybridized carbons (Fsp3) is 0.300. The summed E-state index contributed by atoms with van der Waals surface area (Å²) in [6, 6.07) is 16.6. The molecule has 3 rings (SSSR count). The summed E-state index contributed by atoms with van der Waals surface area (Å²) in [5.74, 6) is 0.628. The lowest BCUT2D eigenvalue weighted by atomic mass is 10.1. The monoisotopic (exact) mass is 355 g/mol. The summed E-state index contributed by atoms with van der Waals surface area (Å²) in [4.78, 5) is 27.0. The number of nitrogens with one attached hydrogen (secondary N) is 1. The molecule has 1 aliphatic rings. The quantitative estimate of drug-likeness (QED) is 0.901. The van der Waals surface area contributed by atoms with Gasteiger partial charge in [0.05, 0.1) is 13.8 Å². The molecule has 0 aromatic heterocycles. The number of amides is 3. The van der Waals surface area contributed by atoms with Crippen LogP contribution in [0, 0.1) is 6.92 Å². The number of rotatable bonds is 2. The van der Waals surface area contributed by atoms with Gasteiger partial charge in [0, 0.05) is 14.1 Å². The van der Waals surface area contributed by atoms with Crippen molar-refractivity contribution >= 4 is 11.9 Å². The zero-order valence-electron chi connectivity index (χ0n) is 15.6. The van der Waals surface area contributed by atoms with Crippen LogP contribution in [0.25, 0.3) is 0 Å². The molecule has 6 heteroatoms. The molecule has 1 aliphatic heterocycles. The summed E-state index contributed by atoms with van der Waals surface area (Å²) in [6.45, 7) is 2.37. The summed E-state index contributed by atoms with van der Waals surface area (Å²) in [5.41, 5.74) is 2.10. The summed E-state index contributed by atoms with van der Waals surface area (Å²) >= 11 is 0. The van der Waals surface area contributed by atoms with Crippen LogP contribution in [0.2, 0.25) is 0 Å². The van der Waals surface area contributed by atoms with Crippen LogP contribution in [-0.2, 0) is 4.79 Å². The Hall–Kier alpha value is -3.02. The number of aryl methyl sites for hydroxylation is 1. The van der Waals surface area contributed by atoms with Gasteiger partial charge in [-0.15, -0.1) is 0 Å². The molecule has 2 aromatic rings. The van der Waals surface area contributed by atoms with Gasteiger partial charge >= 0.3 is 6.03 Å². The fourth-order valence-electron chi connectivity index (χ4n) is 2.69. The second-order valence-electron chi connectivity index (χ2n) is 6.03. The van der Waals surface area contributed by atoms with Gasteiger partial charge in [0.25, 0.3) is 5.91 Å². The van der Waals surface area contributed by atoms with Crippen molar-refractivity contribution in [1.82, 2.24) is 15.1 Å². The molecule has 1 saturated heterocycles. The number of carbonyl (C=O) groups excluding carboxylic acids is 2. The van der Waals surface area contributed by atoms with E-state index in [0.29, 0.717) is 5.75 Å². The molecular formula is C20H25N3O3. The lowest BCUT2D eigenvalue weighted by molar-refractivity contribution is -0.128. The van der Waals surface area contributed by atoms with Crippen molar-refractivity contribution in [1.29, 1.82) is 0 Å². The number of benzene rings is 2. The predicted molar refractivity (Wildman–Crippen MR) is 101 cm³/mol. The first-order valence-corrected chi connectivity index (χ1v) is 8.37. The number of nitrogens with zero attached hydrogens (tertiary/aromatic N) is 2. The van der Waals surface area contributed by atoms with Crippen molar-refractivity contribution in [2.75, 3.05) is 27.9 Å². The van der Waals surface area contributed by atoms with Crippen LogP contribution in [0.5, 0.6) is 5.75 Å². The van der Waals surface area contributed by atoms with Crippen LogP contribution in [-0.4, -0.2) is 49.6 Å². The van der Waals surface area contributed by atoms with E-state index in [1.807, 2.05) is 18.2 Å². The van der Waals surface area contributed by atoms with E-state index in [1.54, 1.807) is 45.5 Å². The predicted octanol–water partition coefficient (Wildman–Crippen LogP) is 2.80. The SMILES string of the molecule is CNC(=O)N1CN(C)C(=O)[C@@H]1c1ccc(OC)cc1.Cc1ccccc1. The van der Waals surface area contributed by atoms with Crippen LogP contribution in [0.3, 0.4) is 0 Å². The Bertz CT molecular complexity index is 732. The van der Waals surface area contributed by atoms with Crippen molar-refractivity contribution < 1.29 is 14.3 Å². The zero-order valence-corrected chi connectivity index (χ0v) is 15.6. The number of likely N-dealkylation sites (N-methyl/N-ethyl adjacent to an activating group) is 1. The van der Waals surface area contributed by atoms with Crippen LogP contribution in [0.15, 0.2) is 54.6 Å². The summed E-state index contributed by atoms with van der Waals surface area (Å²) in [5, 5.41) is 2.55. The molecule has 0 saturated carbocycles. The van der Waals surface area contributed by atoms with Gasteiger partial charge in [-0.05, 0) is 24.6 Å². The van der Waals surface area contributed by atoms with Gasteiger partial charge in [-0.1, -0.05) is 48.0 Å². The van der Waals surface area contributed by atoms with E-state index in [2.05, 4.69) is 24.4 Å². The Labute approximate surface area is 154 Å². The number of hydrogen-bond acceptors (Lipinski definition) is 3. The molecule has 26 heavy (non-hydrogen) atoms. The molecule has 1 fully saturated rings. The molecular weight excluding hydrogens is 330 g/mol. The number of hydrogen-bond donors (Lipinski definition) is 1. The third-order valence-electron chi connectivity index (χ3n) is 4.13. The molecule has 0 unspecified atom stereocenters. The zero-order chi connectivity index (χ0) is 19.1. The lowest BCUT2D eigenvalue weighted by Crippen LogP contribution is -2.38. The standard InChI is InChI=1S/C13H17N3O3.C7H8/c1-14-13(18)16-8-15(2)12(17)11(16)9-4-6-10(19-3)7-5-9;1-7-5-3-2-4-6-7/h4-7,11H,8H2,1-3H3,(H,14,18);2-6H,1H3/t11-;/m0./s1. The van der Waals surface area contributed by atoms with Crippen molar-refractivity contribution in [3.8, 4) is 5.75 Å². The highest BCUT2D eigenvalue weighted by Crippen LogP contribution is 2.29. The van der Waals surface area contributed by atoms with Gasteiger partial charge in [0.2, 0.25) is 0 Å². The van der Waals surface area contributed by atoms with Crippen molar-refractivity contribution in [2.45, 2.75) is 13.0 Å². The number of carbonyl (C=O) groups is 2. The molecule has 3 amide bonds. The Morgan fingerprint density at radius 3 is 2.19 bits per heavy atom. The normalized spacial score (nSPS) is 16.0. The van der Waals surface area contributed by atoms with E-state index in [0.717, 1.165) is 5.56 Å². The van der Waals surface area contributed by atoms with Crippen LogP contribution >= 0.6 is 0 Å². The molecule has 6 nitrogen and oxygen atoms in total. The van der Waals surface area contributed by atoms with E-state index in [4.69, 9.17) is 4.74 Å². The van der Waals surface area contributed by atoms with E-state index >= 15 is 0 Å². The van der Waals surface area contributed by atoms with Crippen molar-refractivity contribution in [3.63, 3.8) is 0 Å². The molecule has 2 aromatic carbocycles. The summed E-state index contributed by atoms with van der Waals surface area (Å²) in [7, 11) is 4.82. The fourth-order valence-corrected chi connectivity index (χ4v) is 2.69. The molecule has 1 N–H and O–H groups in total. The maximum atomic E-state index is 12.2. The second kappa shape index (κ2) is 8.89. The average Bonchev–Trinajstić information content (AvgIpc) is 2.97. The Morgan fingerprint density at radius 1 is 1.12 bits per heavy atom. The Kier molecular flexibility index (Phi) is 6.60. The molecule has 0 spiro atoms. The Morgan fingerprint density at radius 2 is 1.73 bits per heavy atom. The molecule has 1 heterocycles. The smallest absolute Gasteiger partial charge is 0.319 e. The van der Waals surface area contributed by atoms with Gasteiger partial charge in [-0.3, -0.25) is 9.69 Å². The topological polar surface area (TPSA) is 61.9 Å². The maximum absolute atomic E-state index is 12.2. The van der Waals surface area contributed by atoms with Gasteiger partial charge in [0.15, 0.2) is 0 Å². The first-order chi connectivity index (χ1) is 12.5. The molecule has 1 atom stereocenters. The number of urea groups is 1. The van der Waals surface area contributed by atoms with Gasteiger partial charge < -0.3 is 15.0 Å². The van der Waals surface area contributed by atoms with Crippen molar-refractivity contribution in [2.24, 2.45) is 0 Å². The van der Waals surface area contributed by atoms with E-state index in [1.165, 1.54) is 15.4 Å². The number of methoxy groups -OCH3 is 1. The maximum Gasteiger partial charge on any atom is 0.319 e. The van der Waals surface area contributed by atoms with Gasteiger partial charge in [0.1, 0.15) is 11.8 Å². The highest BCUT2D eigenvalue weighted by Gasteiger charge is 2.40. The summed E-state index contributed by atoms with van der Waals surface area (Å²) in [6.07, 6.45) is 0. The second-order valence-corrected chi connectivity index (χ2v) is 6.03. The Balaban J connectivity index is 0.000000290. The van der Waals surface area contributed by atoms with Gasteiger partial charge in [-0.25, -0.2) is 4.79 Å². The third kappa shape index (κ3) is 4.53. The summed E-state index contributed by atoms with van der Waals surface area (Å²) < 4.78 is 5.09. The minimum atomic E-state index is -0.573. The van der Waals surface area contributed by atoms with E-state index in [-0.39, 0.29) is 18.6 Å². The van der Waals surface area contributed by atoms with Gasteiger partial charge in [-0.2, -0.15) is 0 Å². The van der Waals surface area contributed by atoms with E-state index < -0.39 is 6.04 Å². The lowest BCUT2D eigenvalue weighted by Gasteiger charge is -2.21. The molecule has 0 aliphatic carbocycles. The van der Waals surface area contributed by atoms with Crippen molar-refractivity contribution in [3.05, 3.63) is 65.7 Å². The average molecular weight is 355 g/mol. The van der Waals surface area contributed by atoms with E-state index in [9.17, 15) is 9.59 Å². The highest BCUT2D eigenvalue weighted by molar-refractivity contribution is 5.90. The highest BCUT2D eigenvalue weighted by atomic mass is 16.5. The number of ether oxygens (including phenoxy) is 1. The largest absolute Gasteiger partial charge is 0.497 e. The van der Waals surface area contributed by atoms with Crippen LogP contribution in [0.1, 0.15) is 17.2 Å². The van der Waals surface area contributed by atoms with Crippen LogP contribution < -0.4 is 10.1 Å². The first kappa shape index (κ1) is 19.3.